The highest BCUT2D eigenvalue weighted by atomic mass is 32.2. The van der Waals surface area contributed by atoms with E-state index in [9.17, 15) is 21.6 Å². The summed E-state index contributed by atoms with van der Waals surface area (Å²) in [7, 11) is -3.82. The second kappa shape index (κ2) is 8.89. The number of thiazole rings is 1. The number of rotatable bonds is 8. The number of halogens is 3. The minimum Gasteiger partial charge on any atom is -0.406 e. The van der Waals surface area contributed by atoms with Crippen molar-refractivity contribution in [2.24, 2.45) is 0 Å². The highest BCUT2D eigenvalue weighted by molar-refractivity contribution is 7.89. The van der Waals surface area contributed by atoms with Gasteiger partial charge >= 0.3 is 6.36 Å². The van der Waals surface area contributed by atoms with E-state index in [1.807, 2.05) is 17.5 Å². The van der Waals surface area contributed by atoms with E-state index >= 15 is 0 Å². The summed E-state index contributed by atoms with van der Waals surface area (Å²) >= 11 is 1.49. The molecule has 3 aromatic rings. The molecule has 0 radical (unpaired) electrons. The van der Waals surface area contributed by atoms with Crippen molar-refractivity contribution in [2.45, 2.75) is 24.1 Å². The molecule has 6 nitrogen and oxygen atoms in total. The summed E-state index contributed by atoms with van der Waals surface area (Å²) in [6.45, 7) is 0.174. The number of nitrogens with zero attached hydrogens (tertiary/aromatic N) is 2. The van der Waals surface area contributed by atoms with E-state index in [1.54, 1.807) is 12.4 Å². The Morgan fingerprint density at radius 2 is 1.76 bits per heavy atom. The van der Waals surface area contributed by atoms with E-state index in [0.717, 1.165) is 40.5 Å². The Morgan fingerprint density at radius 3 is 2.41 bits per heavy atom. The minimum atomic E-state index is -4.83. The highest BCUT2D eigenvalue weighted by Crippen LogP contribution is 2.24. The number of ether oxygens (including phenoxy) is 1. The largest absolute Gasteiger partial charge is 0.573 e. The quantitative estimate of drug-likeness (QED) is 0.532. The zero-order chi connectivity index (χ0) is 20.9. The molecule has 0 spiro atoms. The molecule has 0 aliphatic heterocycles. The molecule has 154 valence electrons. The highest BCUT2D eigenvalue weighted by Gasteiger charge is 2.31. The van der Waals surface area contributed by atoms with Gasteiger partial charge in [0.2, 0.25) is 10.0 Å². The van der Waals surface area contributed by atoms with Gasteiger partial charge in [0.15, 0.2) is 0 Å². The summed E-state index contributed by atoms with van der Waals surface area (Å²) in [6, 6.07) is 7.75. The van der Waals surface area contributed by atoms with Crippen LogP contribution in [0.1, 0.15) is 11.4 Å². The van der Waals surface area contributed by atoms with Gasteiger partial charge in [0.25, 0.3) is 0 Å². The van der Waals surface area contributed by atoms with Gasteiger partial charge in [0.05, 0.1) is 15.6 Å². The molecule has 0 aliphatic rings. The minimum absolute atomic E-state index is 0.138. The van der Waals surface area contributed by atoms with Gasteiger partial charge in [-0.2, -0.15) is 0 Å². The molecule has 0 amide bonds. The van der Waals surface area contributed by atoms with Crippen LogP contribution in [0.5, 0.6) is 5.75 Å². The van der Waals surface area contributed by atoms with Crippen molar-refractivity contribution in [3.8, 4) is 17.0 Å². The van der Waals surface area contributed by atoms with Gasteiger partial charge in [-0.3, -0.25) is 4.98 Å². The number of nitrogens with one attached hydrogen (secondary N) is 1. The zero-order valence-corrected chi connectivity index (χ0v) is 16.5. The molecule has 1 N–H and O–H groups in total. The lowest BCUT2D eigenvalue weighted by atomic mass is 10.2. The molecule has 29 heavy (non-hydrogen) atoms. The van der Waals surface area contributed by atoms with E-state index in [0.29, 0.717) is 12.8 Å². The van der Waals surface area contributed by atoms with Gasteiger partial charge in [-0.05, 0) is 42.8 Å². The predicted octanol–water partition coefficient (Wildman–Crippen LogP) is 4.01. The number of sulfonamides is 1. The fourth-order valence-electron chi connectivity index (χ4n) is 2.43. The van der Waals surface area contributed by atoms with Crippen molar-refractivity contribution in [2.75, 3.05) is 6.54 Å². The lowest BCUT2D eigenvalue weighted by molar-refractivity contribution is -0.274. The van der Waals surface area contributed by atoms with Crippen LogP contribution in [0.15, 0.2) is 59.1 Å². The van der Waals surface area contributed by atoms with Gasteiger partial charge < -0.3 is 4.74 Å². The molecule has 0 bridgehead atoms. The first-order valence-corrected chi connectivity index (χ1v) is 10.8. The molecule has 0 unspecified atom stereocenters. The van der Waals surface area contributed by atoms with E-state index in [1.165, 1.54) is 11.3 Å². The summed E-state index contributed by atoms with van der Waals surface area (Å²) in [6.07, 6.45) is -0.337. The fraction of sp³-hybridized carbons (Fsp3) is 0.222. The third-order valence-electron chi connectivity index (χ3n) is 3.75. The van der Waals surface area contributed by atoms with Crippen LogP contribution >= 0.6 is 11.3 Å². The lowest BCUT2D eigenvalue weighted by Crippen LogP contribution is -2.25. The van der Waals surface area contributed by atoms with Crippen molar-refractivity contribution in [1.82, 2.24) is 14.7 Å². The average molecular weight is 443 g/mol. The lowest BCUT2D eigenvalue weighted by Gasteiger charge is -2.10. The standard InChI is InChI=1S/C18H16F3N3O3S2/c19-18(20,21)27-14-3-5-15(6-4-14)29(25,26)23-9-1-2-17-24-16(12-28-17)13-7-10-22-11-8-13/h3-8,10-12,23H,1-2,9H2. The summed E-state index contributed by atoms with van der Waals surface area (Å²) in [5, 5.41) is 2.81. The van der Waals surface area contributed by atoms with Crippen molar-refractivity contribution in [1.29, 1.82) is 0 Å². The summed E-state index contributed by atoms with van der Waals surface area (Å²) < 4.78 is 67.1. The molecule has 2 aromatic heterocycles. The molecular weight excluding hydrogens is 427 g/mol. The van der Waals surface area contributed by atoms with Crippen LogP contribution in [0.4, 0.5) is 13.2 Å². The molecule has 0 atom stereocenters. The SMILES string of the molecule is O=S(=O)(NCCCc1nc(-c2ccncc2)cs1)c1ccc(OC(F)(F)F)cc1. The smallest absolute Gasteiger partial charge is 0.406 e. The Hall–Kier alpha value is -2.50. The van der Waals surface area contributed by atoms with E-state index in [-0.39, 0.29) is 11.4 Å². The number of pyridine rings is 1. The summed E-state index contributed by atoms with van der Waals surface area (Å²) in [5.74, 6) is -0.481. The van der Waals surface area contributed by atoms with E-state index in [2.05, 4.69) is 19.4 Å². The second-order valence-corrected chi connectivity index (χ2v) is 8.59. The van der Waals surface area contributed by atoms with E-state index < -0.39 is 22.1 Å². The number of aryl methyl sites for hydroxylation is 1. The van der Waals surface area contributed by atoms with Crippen LogP contribution in [-0.4, -0.2) is 31.3 Å². The molecule has 0 saturated heterocycles. The number of aromatic nitrogens is 2. The van der Waals surface area contributed by atoms with Crippen LogP contribution in [-0.2, 0) is 16.4 Å². The number of alkyl halides is 3. The zero-order valence-electron chi connectivity index (χ0n) is 14.9. The van der Waals surface area contributed by atoms with Crippen molar-refractivity contribution in [3.63, 3.8) is 0 Å². The van der Waals surface area contributed by atoms with Gasteiger partial charge in [-0.15, -0.1) is 24.5 Å². The molecule has 1 aromatic carbocycles. The Bertz CT molecular complexity index is 1040. The maximum Gasteiger partial charge on any atom is 0.573 e. The van der Waals surface area contributed by atoms with Crippen LogP contribution in [0.2, 0.25) is 0 Å². The maximum absolute atomic E-state index is 12.2. The third-order valence-corrected chi connectivity index (χ3v) is 6.14. The van der Waals surface area contributed by atoms with Crippen LogP contribution in [0.25, 0.3) is 11.3 Å². The first kappa shape index (κ1) is 21.2. The Labute approximate surface area is 169 Å². The normalized spacial score (nSPS) is 12.1. The number of hydrogen-bond acceptors (Lipinski definition) is 6. The van der Waals surface area contributed by atoms with Gasteiger partial charge in [0.1, 0.15) is 5.75 Å². The third kappa shape index (κ3) is 6.24. The number of benzene rings is 1. The Balaban J connectivity index is 1.50. The Morgan fingerprint density at radius 1 is 1.07 bits per heavy atom. The monoisotopic (exact) mass is 443 g/mol. The molecule has 0 fully saturated rings. The maximum atomic E-state index is 12.2. The van der Waals surface area contributed by atoms with Crippen molar-refractivity contribution >= 4 is 21.4 Å². The van der Waals surface area contributed by atoms with Gasteiger partial charge in [-0.25, -0.2) is 18.1 Å². The van der Waals surface area contributed by atoms with Crippen molar-refractivity contribution in [3.05, 3.63) is 59.2 Å². The first-order valence-electron chi connectivity index (χ1n) is 8.43. The molecule has 11 heteroatoms. The molecule has 0 saturated carbocycles. The molecule has 3 rings (SSSR count). The van der Waals surface area contributed by atoms with Crippen LogP contribution < -0.4 is 9.46 Å². The van der Waals surface area contributed by atoms with Gasteiger partial charge in [0, 0.05) is 36.3 Å². The number of hydrogen-bond donors (Lipinski definition) is 1. The Kier molecular flexibility index (Phi) is 6.50. The molecule has 2 heterocycles. The van der Waals surface area contributed by atoms with Crippen molar-refractivity contribution < 1.29 is 26.3 Å². The van der Waals surface area contributed by atoms with Crippen LogP contribution in [0, 0.1) is 0 Å². The van der Waals surface area contributed by atoms with E-state index in [4.69, 9.17) is 0 Å². The summed E-state index contributed by atoms with van der Waals surface area (Å²) in [5.41, 5.74) is 1.80. The average Bonchev–Trinajstić information content (AvgIpc) is 3.14. The second-order valence-electron chi connectivity index (χ2n) is 5.88. The summed E-state index contributed by atoms with van der Waals surface area (Å²) in [4.78, 5) is 8.34. The molecular formula is C18H16F3N3O3S2. The first-order chi connectivity index (χ1) is 13.7. The molecule has 0 aliphatic carbocycles. The predicted molar refractivity (Wildman–Crippen MR) is 102 cm³/mol. The topological polar surface area (TPSA) is 81.2 Å². The van der Waals surface area contributed by atoms with Gasteiger partial charge in [-0.1, -0.05) is 0 Å². The van der Waals surface area contributed by atoms with Crippen LogP contribution in [0.3, 0.4) is 0 Å². The fourth-order valence-corrected chi connectivity index (χ4v) is 4.35.